The number of piperidine rings is 1. The number of nitriles is 1. The summed E-state index contributed by atoms with van der Waals surface area (Å²) < 4.78 is 3.52. The minimum atomic E-state index is -0.122. The average molecular weight is 670 g/mol. The van der Waals surface area contributed by atoms with Crippen LogP contribution in [0.25, 0.3) is 39.5 Å². The van der Waals surface area contributed by atoms with E-state index in [1.807, 2.05) is 68.7 Å². The summed E-state index contributed by atoms with van der Waals surface area (Å²) in [5.74, 6) is 1.85. The molecule has 0 radical (unpaired) electrons. The zero-order chi connectivity index (χ0) is 35.6. The summed E-state index contributed by atoms with van der Waals surface area (Å²) in [5.41, 5.74) is 11.3. The quantitative estimate of drug-likeness (QED) is 0.200. The first-order valence-corrected chi connectivity index (χ1v) is 17.0. The van der Waals surface area contributed by atoms with Crippen molar-refractivity contribution in [2.24, 2.45) is 7.05 Å². The average Bonchev–Trinajstić information content (AvgIpc) is 3.54. The Balaban J connectivity index is 0.00000117. The first-order valence-electron chi connectivity index (χ1n) is 17.0. The first-order chi connectivity index (χ1) is 24.5. The van der Waals surface area contributed by atoms with Gasteiger partial charge in [0.25, 0.3) is 5.56 Å². The van der Waals surface area contributed by atoms with E-state index in [9.17, 15) is 4.79 Å². The maximum atomic E-state index is 12.9. The molecule has 0 atom stereocenters. The van der Waals surface area contributed by atoms with E-state index in [1.165, 1.54) is 5.56 Å². The van der Waals surface area contributed by atoms with Crippen molar-refractivity contribution in [1.82, 2.24) is 39.0 Å². The lowest BCUT2D eigenvalue weighted by molar-refractivity contribution is 0.211. The second-order valence-electron chi connectivity index (χ2n) is 11.3. The van der Waals surface area contributed by atoms with Crippen LogP contribution in [0.15, 0.2) is 90.1 Å². The lowest BCUT2D eigenvalue weighted by Gasteiger charge is -2.32. The molecule has 6 heterocycles. The number of nitrogens with two attached hydrogens (primary N) is 1. The number of hydrogen-bond donors (Lipinski definition) is 2. The molecule has 0 bridgehead atoms. The molecular formula is C38H43N11O. The molecule has 0 aliphatic carbocycles. The molecule has 0 saturated carbocycles. The molecule has 3 N–H and O–H groups in total. The maximum Gasteiger partial charge on any atom is 0.259 e. The number of benzene rings is 1. The molecule has 0 spiro atoms. The summed E-state index contributed by atoms with van der Waals surface area (Å²) in [4.78, 5) is 37.7. The van der Waals surface area contributed by atoms with Gasteiger partial charge in [-0.05, 0) is 73.0 Å². The SMILES string of the molecule is CC.CC.Cn1cccc(-c2ccc3nc(-c4cccnc4N)n(-c4ccc(CN5CCC(Nc6ccnc(C#N)n6)CC5)cc4)c3n2)c1=O. The number of nitrogens with one attached hydrogen (secondary N) is 1. The number of nitrogens with zero attached hydrogens (tertiary/aromatic N) is 9. The number of nitrogen functional groups attached to an aromatic ring is 1. The molecule has 1 saturated heterocycles. The van der Waals surface area contributed by atoms with Crippen molar-refractivity contribution >= 4 is 22.8 Å². The van der Waals surface area contributed by atoms with E-state index in [0.29, 0.717) is 51.5 Å². The van der Waals surface area contributed by atoms with Crippen LogP contribution < -0.4 is 16.6 Å². The monoisotopic (exact) mass is 669 g/mol. The van der Waals surface area contributed by atoms with Gasteiger partial charge in [0, 0.05) is 57.0 Å². The third-order valence-electron chi connectivity index (χ3n) is 8.28. The summed E-state index contributed by atoms with van der Waals surface area (Å²) >= 11 is 0. The van der Waals surface area contributed by atoms with Gasteiger partial charge in [0.05, 0.1) is 16.8 Å². The summed E-state index contributed by atoms with van der Waals surface area (Å²) in [6, 6.07) is 23.5. The lowest BCUT2D eigenvalue weighted by atomic mass is 10.0. The van der Waals surface area contributed by atoms with Gasteiger partial charge in [-0.25, -0.2) is 24.9 Å². The van der Waals surface area contributed by atoms with Crippen LogP contribution >= 0.6 is 0 Å². The summed E-state index contributed by atoms with van der Waals surface area (Å²) in [5, 5.41) is 12.5. The summed E-state index contributed by atoms with van der Waals surface area (Å²) in [7, 11) is 1.73. The van der Waals surface area contributed by atoms with Crippen molar-refractivity contribution in [2.45, 2.75) is 53.1 Å². The molecule has 12 heteroatoms. The van der Waals surface area contributed by atoms with Crippen LogP contribution in [0.5, 0.6) is 0 Å². The molecule has 1 aromatic carbocycles. The molecular weight excluding hydrogens is 626 g/mol. The highest BCUT2D eigenvalue weighted by atomic mass is 16.1. The zero-order valence-corrected chi connectivity index (χ0v) is 29.2. The first kappa shape index (κ1) is 35.4. The zero-order valence-electron chi connectivity index (χ0n) is 29.2. The molecule has 0 amide bonds. The second-order valence-corrected chi connectivity index (χ2v) is 11.3. The molecule has 6 aromatic rings. The molecule has 256 valence electrons. The molecule has 7 rings (SSSR count). The van der Waals surface area contributed by atoms with Gasteiger partial charge in [0.1, 0.15) is 23.2 Å². The Bertz CT molecular complexity index is 2140. The summed E-state index contributed by atoms with van der Waals surface area (Å²) in [6.07, 6.45) is 6.93. The Morgan fingerprint density at radius 1 is 0.880 bits per heavy atom. The van der Waals surface area contributed by atoms with Crippen LogP contribution in [0.2, 0.25) is 0 Å². The highest BCUT2D eigenvalue weighted by Gasteiger charge is 2.21. The molecule has 0 unspecified atom stereocenters. The van der Waals surface area contributed by atoms with E-state index in [2.05, 4.69) is 49.4 Å². The minimum Gasteiger partial charge on any atom is -0.383 e. The molecule has 1 aliphatic rings. The lowest BCUT2D eigenvalue weighted by Crippen LogP contribution is -2.38. The van der Waals surface area contributed by atoms with Crippen molar-refractivity contribution < 1.29 is 0 Å². The Hall–Kier alpha value is -5.93. The van der Waals surface area contributed by atoms with E-state index in [1.54, 1.807) is 42.3 Å². The van der Waals surface area contributed by atoms with Crippen LogP contribution in [0.4, 0.5) is 11.6 Å². The molecule has 1 fully saturated rings. The van der Waals surface area contributed by atoms with Gasteiger partial charge in [0.2, 0.25) is 5.82 Å². The number of fused-ring (bicyclic) bond motifs is 1. The van der Waals surface area contributed by atoms with Crippen LogP contribution in [-0.2, 0) is 13.6 Å². The van der Waals surface area contributed by atoms with Gasteiger partial charge in [0.15, 0.2) is 11.5 Å². The van der Waals surface area contributed by atoms with Gasteiger partial charge in [-0.15, -0.1) is 0 Å². The fourth-order valence-corrected chi connectivity index (χ4v) is 5.88. The molecule has 12 nitrogen and oxygen atoms in total. The largest absolute Gasteiger partial charge is 0.383 e. The molecule has 5 aromatic heterocycles. The third kappa shape index (κ3) is 7.69. The van der Waals surface area contributed by atoms with Gasteiger partial charge in [-0.3, -0.25) is 14.3 Å². The normalized spacial score (nSPS) is 13.0. The van der Waals surface area contributed by atoms with E-state index in [0.717, 1.165) is 38.2 Å². The van der Waals surface area contributed by atoms with Crippen molar-refractivity contribution in [1.29, 1.82) is 5.26 Å². The second kappa shape index (κ2) is 16.5. The van der Waals surface area contributed by atoms with Gasteiger partial charge in [-0.2, -0.15) is 5.26 Å². The Morgan fingerprint density at radius 2 is 1.62 bits per heavy atom. The number of aromatic nitrogens is 7. The predicted octanol–water partition coefficient (Wildman–Crippen LogP) is 6.22. The number of aryl methyl sites for hydroxylation is 1. The van der Waals surface area contributed by atoms with E-state index < -0.39 is 0 Å². The minimum absolute atomic E-state index is 0.122. The van der Waals surface area contributed by atoms with Crippen LogP contribution in [0, 0.1) is 11.3 Å². The topological polar surface area (TPSA) is 156 Å². The highest BCUT2D eigenvalue weighted by Crippen LogP contribution is 2.31. The fourth-order valence-electron chi connectivity index (χ4n) is 5.88. The molecule has 50 heavy (non-hydrogen) atoms. The van der Waals surface area contributed by atoms with Crippen molar-refractivity contribution in [3.05, 3.63) is 107 Å². The Kier molecular flexibility index (Phi) is 11.6. The van der Waals surface area contributed by atoms with E-state index in [4.69, 9.17) is 21.0 Å². The number of anilines is 2. The maximum absolute atomic E-state index is 12.9. The van der Waals surface area contributed by atoms with E-state index in [-0.39, 0.29) is 11.4 Å². The van der Waals surface area contributed by atoms with Crippen LogP contribution in [-0.4, -0.2) is 58.1 Å². The third-order valence-corrected chi connectivity index (χ3v) is 8.28. The number of likely N-dealkylation sites (tertiary alicyclic amines) is 1. The van der Waals surface area contributed by atoms with Crippen molar-refractivity contribution in [3.63, 3.8) is 0 Å². The van der Waals surface area contributed by atoms with Crippen molar-refractivity contribution in [3.8, 4) is 34.4 Å². The number of pyridine rings is 3. The number of imidazole rings is 1. The number of rotatable bonds is 7. The Labute approximate surface area is 292 Å². The van der Waals surface area contributed by atoms with E-state index >= 15 is 0 Å². The molecule has 1 aliphatic heterocycles. The standard InChI is InChI=1S/C34H31N11O.2C2H6/c1-43-17-3-5-25(34(43)46)27-10-11-28-33(40-27)45(32(41-28)26-4-2-15-38-31(26)36)24-8-6-22(7-9-24)21-44-18-13-23(14-19-44)39-29-12-16-37-30(20-35)42-29;2*1-2/h2-12,15-17,23H,13-14,18-19,21H2,1H3,(H2,36,38)(H,37,39,42);2*1-2H3. The van der Waals surface area contributed by atoms with Crippen LogP contribution in [0.3, 0.4) is 0 Å². The van der Waals surface area contributed by atoms with Gasteiger partial charge in [-0.1, -0.05) is 39.8 Å². The fraction of sp³-hybridized carbons (Fsp3) is 0.289. The van der Waals surface area contributed by atoms with Gasteiger partial charge < -0.3 is 15.6 Å². The highest BCUT2D eigenvalue weighted by molar-refractivity contribution is 5.84. The van der Waals surface area contributed by atoms with Crippen LogP contribution in [0.1, 0.15) is 51.9 Å². The predicted molar refractivity (Wildman–Crippen MR) is 199 cm³/mol. The van der Waals surface area contributed by atoms with Crippen molar-refractivity contribution in [2.75, 3.05) is 24.1 Å². The Morgan fingerprint density at radius 3 is 2.34 bits per heavy atom. The van der Waals surface area contributed by atoms with Gasteiger partial charge >= 0.3 is 0 Å². The summed E-state index contributed by atoms with van der Waals surface area (Å²) in [6.45, 7) is 10.7. The smallest absolute Gasteiger partial charge is 0.259 e. The number of hydrogen-bond acceptors (Lipinski definition) is 10.